The van der Waals surface area contributed by atoms with Crippen LogP contribution in [0.5, 0.6) is 0 Å². The Labute approximate surface area is 89.3 Å². The largest absolute Gasteiger partial charge is 0.441 e. The van der Waals surface area contributed by atoms with Crippen molar-refractivity contribution < 1.29 is 4.42 Å². The van der Waals surface area contributed by atoms with Crippen molar-refractivity contribution in [1.29, 1.82) is 0 Å². The first-order valence-electron chi connectivity index (χ1n) is 5.26. The molecule has 3 nitrogen and oxygen atoms in total. The molecule has 0 saturated carbocycles. The molecule has 1 heterocycles. The van der Waals surface area contributed by atoms with Gasteiger partial charge in [-0.1, -0.05) is 19.1 Å². The summed E-state index contributed by atoms with van der Waals surface area (Å²) in [5.41, 5.74) is 8.67. The van der Waals surface area contributed by atoms with Crippen molar-refractivity contribution >= 4 is 11.1 Å². The fraction of sp³-hybridized carbons (Fsp3) is 0.417. The predicted octanol–water partition coefficient (Wildman–Crippen LogP) is 2.27. The Balaban J connectivity index is 2.41. The number of nitrogens with two attached hydrogens (primary N) is 1. The van der Waals surface area contributed by atoms with Crippen LogP contribution in [0.4, 0.5) is 0 Å². The van der Waals surface area contributed by atoms with E-state index in [1.807, 2.05) is 19.1 Å². The molecule has 0 bridgehead atoms. The quantitative estimate of drug-likeness (QED) is 0.834. The maximum atomic E-state index is 5.62. The first-order chi connectivity index (χ1) is 7.20. The molecule has 0 radical (unpaired) electrons. The van der Waals surface area contributed by atoms with Gasteiger partial charge in [-0.2, -0.15) is 0 Å². The molecule has 1 aromatic carbocycles. The monoisotopic (exact) mass is 204 g/mol. The zero-order valence-corrected chi connectivity index (χ0v) is 9.16. The molecule has 3 heteroatoms. The van der Waals surface area contributed by atoms with Crippen molar-refractivity contribution in [2.24, 2.45) is 11.7 Å². The highest BCUT2D eigenvalue weighted by Gasteiger charge is 2.09. The van der Waals surface area contributed by atoms with E-state index in [2.05, 4.69) is 18.0 Å². The molecule has 0 aliphatic heterocycles. The van der Waals surface area contributed by atoms with Crippen LogP contribution in [0.2, 0.25) is 0 Å². The second-order valence-corrected chi connectivity index (χ2v) is 4.04. The minimum absolute atomic E-state index is 0.473. The second kappa shape index (κ2) is 4.03. The highest BCUT2D eigenvalue weighted by Crippen LogP contribution is 2.21. The first kappa shape index (κ1) is 10.2. The first-order valence-corrected chi connectivity index (χ1v) is 5.26. The highest BCUT2D eigenvalue weighted by molar-refractivity contribution is 5.76. The molecular formula is C12H16N2O. The maximum Gasteiger partial charge on any atom is 0.192 e. The number of benzene rings is 1. The molecule has 0 fully saturated rings. The molecule has 2 N–H and O–H groups in total. The van der Waals surface area contributed by atoms with Crippen LogP contribution < -0.4 is 5.73 Å². The van der Waals surface area contributed by atoms with E-state index in [1.54, 1.807) is 0 Å². The Morgan fingerprint density at radius 2 is 2.27 bits per heavy atom. The van der Waals surface area contributed by atoms with E-state index < -0.39 is 0 Å². The van der Waals surface area contributed by atoms with Gasteiger partial charge in [0.25, 0.3) is 0 Å². The van der Waals surface area contributed by atoms with Crippen LogP contribution >= 0.6 is 0 Å². The minimum atomic E-state index is 0.473. The second-order valence-electron chi connectivity index (χ2n) is 4.04. The normalized spacial score (nSPS) is 13.3. The molecule has 80 valence electrons. The summed E-state index contributed by atoms with van der Waals surface area (Å²) in [6, 6.07) is 6.07. The topological polar surface area (TPSA) is 52.0 Å². The van der Waals surface area contributed by atoms with Crippen LogP contribution in [0.15, 0.2) is 22.6 Å². The Bertz CT molecular complexity index is 462. The summed E-state index contributed by atoms with van der Waals surface area (Å²) < 4.78 is 5.59. The van der Waals surface area contributed by atoms with Gasteiger partial charge >= 0.3 is 0 Å². The lowest BCUT2D eigenvalue weighted by Crippen LogP contribution is -2.13. The van der Waals surface area contributed by atoms with E-state index >= 15 is 0 Å². The Hall–Kier alpha value is -1.35. The molecular weight excluding hydrogens is 188 g/mol. The third-order valence-corrected chi connectivity index (χ3v) is 2.57. The van der Waals surface area contributed by atoms with Gasteiger partial charge in [-0.25, -0.2) is 4.98 Å². The van der Waals surface area contributed by atoms with E-state index in [-0.39, 0.29) is 0 Å². The van der Waals surface area contributed by atoms with Gasteiger partial charge in [0.2, 0.25) is 0 Å². The van der Waals surface area contributed by atoms with Crippen molar-refractivity contribution in [3.8, 4) is 0 Å². The summed E-state index contributed by atoms with van der Waals surface area (Å²) in [6.07, 6.45) is 0.947. The van der Waals surface area contributed by atoms with Gasteiger partial charge in [-0.3, -0.25) is 0 Å². The number of fused-ring (bicyclic) bond motifs is 1. The smallest absolute Gasteiger partial charge is 0.192 e. The molecule has 0 aliphatic carbocycles. The Morgan fingerprint density at radius 3 is 3.00 bits per heavy atom. The third-order valence-electron chi connectivity index (χ3n) is 2.57. The van der Waals surface area contributed by atoms with E-state index in [9.17, 15) is 0 Å². The molecule has 0 saturated heterocycles. The number of aryl methyl sites for hydroxylation is 1. The van der Waals surface area contributed by atoms with Crippen molar-refractivity contribution in [3.05, 3.63) is 29.7 Å². The number of aromatic nitrogens is 1. The highest BCUT2D eigenvalue weighted by atomic mass is 16.3. The maximum absolute atomic E-state index is 5.62. The molecule has 0 aliphatic rings. The van der Waals surface area contributed by atoms with Crippen molar-refractivity contribution in [3.63, 3.8) is 0 Å². The predicted molar refractivity (Wildman–Crippen MR) is 60.7 cm³/mol. The van der Waals surface area contributed by atoms with E-state index in [4.69, 9.17) is 10.2 Å². The summed E-state index contributed by atoms with van der Waals surface area (Å²) >= 11 is 0. The van der Waals surface area contributed by atoms with Crippen LogP contribution in [-0.4, -0.2) is 11.5 Å². The number of oxazole rings is 1. The van der Waals surface area contributed by atoms with Crippen LogP contribution in [0.25, 0.3) is 11.1 Å². The van der Waals surface area contributed by atoms with Crippen LogP contribution in [0.3, 0.4) is 0 Å². The van der Waals surface area contributed by atoms with E-state index in [0.29, 0.717) is 12.5 Å². The zero-order valence-electron chi connectivity index (χ0n) is 9.16. The summed E-state index contributed by atoms with van der Waals surface area (Å²) in [7, 11) is 0. The third kappa shape index (κ3) is 2.02. The number of hydrogen-bond donors (Lipinski definition) is 1. The fourth-order valence-electron chi connectivity index (χ4n) is 1.74. The number of nitrogens with zero attached hydrogens (tertiary/aromatic N) is 1. The number of hydrogen-bond acceptors (Lipinski definition) is 3. The van der Waals surface area contributed by atoms with Crippen molar-refractivity contribution in [2.75, 3.05) is 6.54 Å². The van der Waals surface area contributed by atoms with Crippen LogP contribution in [0, 0.1) is 12.8 Å². The zero-order chi connectivity index (χ0) is 10.8. The average Bonchev–Trinajstić information content (AvgIpc) is 2.59. The summed E-state index contributed by atoms with van der Waals surface area (Å²) in [4.78, 5) is 4.31. The Kier molecular flexibility index (Phi) is 2.73. The molecule has 1 unspecified atom stereocenters. The van der Waals surface area contributed by atoms with Crippen LogP contribution in [-0.2, 0) is 6.42 Å². The lowest BCUT2D eigenvalue weighted by atomic mass is 10.0. The van der Waals surface area contributed by atoms with Gasteiger partial charge < -0.3 is 10.2 Å². The number of para-hydroxylation sites is 1. The SMILES string of the molecule is Cc1nc2cccc(CC(C)CN)c2o1. The van der Waals surface area contributed by atoms with Gasteiger partial charge in [0.05, 0.1) is 0 Å². The van der Waals surface area contributed by atoms with Gasteiger partial charge in [0, 0.05) is 6.92 Å². The molecule has 0 spiro atoms. The summed E-state index contributed by atoms with van der Waals surface area (Å²) in [5.74, 6) is 1.19. The minimum Gasteiger partial charge on any atom is -0.441 e. The molecule has 0 amide bonds. The van der Waals surface area contributed by atoms with Crippen molar-refractivity contribution in [1.82, 2.24) is 4.98 Å². The number of rotatable bonds is 3. The summed E-state index contributed by atoms with van der Waals surface area (Å²) in [5, 5.41) is 0. The standard InChI is InChI=1S/C12H16N2O/c1-8(7-13)6-10-4-3-5-11-12(10)15-9(2)14-11/h3-5,8H,6-7,13H2,1-2H3. The molecule has 15 heavy (non-hydrogen) atoms. The van der Waals surface area contributed by atoms with E-state index in [1.165, 1.54) is 5.56 Å². The molecule has 1 aromatic heterocycles. The molecule has 1 atom stereocenters. The van der Waals surface area contributed by atoms with Crippen LogP contribution in [0.1, 0.15) is 18.4 Å². The lowest BCUT2D eigenvalue weighted by molar-refractivity contribution is 0.545. The van der Waals surface area contributed by atoms with Gasteiger partial charge in [-0.05, 0) is 30.5 Å². The summed E-state index contributed by atoms with van der Waals surface area (Å²) in [6.45, 7) is 4.71. The molecule has 2 aromatic rings. The van der Waals surface area contributed by atoms with Gasteiger partial charge in [-0.15, -0.1) is 0 Å². The van der Waals surface area contributed by atoms with Gasteiger partial charge in [0.15, 0.2) is 11.5 Å². The Morgan fingerprint density at radius 1 is 1.47 bits per heavy atom. The fourth-order valence-corrected chi connectivity index (χ4v) is 1.74. The average molecular weight is 204 g/mol. The lowest BCUT2D eigenvalue weighted by Gasteiger charge is -2.07. The van der Waals surface area contributed by atoms with E-state index in [0.717, 1.165) is 23.4 Å². The van der Waals surface area contributed by atoms with Crippen molar-refractivity contribution in [2.45, 2.75) is 20.3 Å². The van der Waals surface area contributed by atoms with Gasteiger partial charge in [0.1, 0.15) is 5.52 Å². The molecule has 2 rings (SSSR count).